The van der Waals surface area contributed by atoms with Crippen molar-refractivity contribution in [1.29, 1.82) is 0 Å². The normalized spacial score (nSPS) is 20.9. The number of nitrogens with zero attached hydrogens (tertiary/aromatic N) is 6. The van der Waals surface area contributed by atoms with Crippen LogP contribution in [0.4, 0.5) is 0 Å². The molecule has 2 unspecified atom stereocenters. The first-order chi connectivity index (χ1) is 21.7. The van der Waals surface area contributed by atoms with Crippen LogP contribution >= 0.6 is 0 Å². The number of imidazole rings is 1. The molecule has 2 aliphatic carbocycles. The van der Waals surface area contributed by atoms with E-state index in [-0.39, 0.29) is 23.7 Å². The van der Waals surface area contributed by atoms with Gasteiger partial charge in [0.2, 0.25) is 0 Å². The van der Waals surface area contributed by atoms with Crippen LogP contribution in [-0.2, 0) is 13.6 Å². The summed E-state index contributed by atoms with van der Waals surface area (Å²) in [5.74, 6) is 1.77. The van der Waals surface area contributed by atoms with Crippen molar-refractivity contribution in [3.63, 3.8) is 0 Å². The summed E-state index contributed by atoms with van der Waals surface area (Å²) in [6.07, 6.45) is 6.07. The van der Waals surface area contributed by atoms with E-state index in [9.17, 15) is 9.59 Å². The first kappa shape index (κ1) is 27.8. The Morgan fingerprint density at radius 2 is 1.89 bits per heavy atom. The van der Waals surface area contributed by atoms with Gasteiger partial charge in [-0.3, -0.25) is 14.6 Å². The van der Waals surface area contributed by atoms with Crippen LogP contribution in [0.15, 0.2) is 42.6 Å². The van der Waals surface area contributed by atoms with Crippen LogP contribution in [-0.4, -0.2) is 66.5 Å². The molecule has 1 aliphatic heterocycles. The van der Waals surface area contributed by atoms with Gasteiger partial charge in [0, 0.05) is 54.9 Å². The molecule has 2 saturated carbocycles. The number of ether oxygens (including phenoxy) is 1. The number of amides is 2. The number of pyridine rings is 2. The fourth-order valence-corrected chi connectivity index (χ4v) is 7.43. The number of aromatic nitrogens is 5. The maximum absolute atomic E-state index is 13.7. The minimum Gasteiger partial charge on any atom is -0.494 e. The molecule has 45 heavy (non-hydrogen) atoms. The van der Waals surface area contributed by atoms with Crippen LogP contribution in [0, 0.1) is 18.8 Å². The number of carbonyl (C=O) groups is 2. The Morgan fingerprint density at radius 3 is 2.56 bits per heavy atom. The molecule has 230 valence electrons. The summed E-state index contributed by atoms with van der Waals surface area (Å²) >= 11 is 0. The van der Waals surface area contributed by atoms with Crippen molar-refractivity contribution in [2.45, 2.75) is 51.2 Å². The molecular formula is C34H36N8O3. The molecule has 3 fully saturated rings. The topological polar surface area (TPSA) is 147 Å². The average Bonchev–Trinajstić information content (AvgIpc) is 3.44. The maximum atomic E-state index is 13.7. The van der Waals surface area contributed by atoms with E-state index in [1.807, 2.05) is 41.6 Å². The first-order valence-corrected chi connectivity index (χ1v) is 15.6. The number of rotatable bonds is 7. The van der Waals surface area contributed by atoms with Crippen LogP contribution < -0.4 is 16.2 Å². The average molecular weight is 605 g/mol. The van der Waals surface area contributed by atoms with E-state index in [4.69, 9.17) is 26.2 Å². The summed E-state index contributed by atoms with van der Waals surface area (Å²) in [6, 6.07) is 11.8. The van der Waals surface area contributed by atoms with Crippen LogP contribution in [0.2, 0.25) is 0 Å². The number of nitrogens with two attached hydrogens (primary N) is 2. The molecule has 8 rings (SSSR count). The summed E-state index contributed by atoms with van der Waals surface area (Å²) in [6.45, 7) is 3.47. The van der Waals surface area contributed by atoms with Crippen molar-refractivity contribution in [1.82, 2.24) is 29.0 Å². The predicted molar refractivity (Wildman–Crippen MR) is 171 cm³/mol. The molecule has 5 heterocycles. The Bertz CT molecular complexity index is 2040. The van der Waals surface area contributed by atoms with E-state index < -0.39 is 5.91 Å². The minimum atomic E-state index is -0.557. The summed E-state index contributed by atoms with van der Waals surface area (Å²) in [4.78, 5) is 41.8. The molecule has 1 saturated heterocycles. The van der Waals surface area contributed by atoms with Crippen LogP contribution in [0.3, 0.4) is 0 Å². The van der Waals surface area contributed by atoms with Gasteiger partial charge in [-0.05, 0) is 86.4 Å². The number of aryl methyl sites for hydroxylation is 2. The summed E-state index contributed by atoms with van der Waals surface area (Å²) in [5, 5.41) is 1.00. The zero-order chi connectivity index (χ0) is 31.1. The fourth-order valence-electron chi connectivity index (χ4n) is 7.43. The van der Waals surface area contributed by atoms with Crippen molar-refractivity contribution in [3.05, 3.63) is 59.4 Å². The molecule has 0 spiro atoms. The summed E-state index contributed by atoms with van der Waals surface area (Å²) < 4.78 is 10.2. The number of primary amides is 1. The van der Waals surface area contributed by atoms with Crippen molar-refractivity contribution in [2.24, 2.45) is 30.4 Å². The van der Waals surface area contributed by atoms with Crippen molar-refractivity contribution < 1.29 is 14.3 Å². The van der Waals surface area contributed by atoms with Gasteiger partial charge in [-0.25, -0.2) is 9.97 Å². The van der Waals surface area contributed by atoms with Gasteiger partial charge in [-0.2, -0.15) is 0 Å². The lowest BCUT2D eigenvalue weighted by atomic mass is 10.1. The Labute approximate surface area is 260 Å². The predicted octanol–water partition coefficient (Wildman–Crippen LogP) is 4.04. The molecular weight excluding hydrogens is 568 g/mol. The third-order valence-electron chi connectivity index (χ3n) is 10.1. The van der Waals surface area contributed by atoms with Gasteiger partial charge in [0.15, 0.2) is 5.82 Å². The number of carbonyl (C=O) groups excluding carboxylic acids is 2. The standard InChI is InChI=1S/C34H36N8O3/c1-17-10-25(31(36)43)37-14-22(17)23-8-6-19-12-27(41(32(19)38-23)15-18-4-5-18)33-39-24-11-21(13-28(45-3)30(24)40(33)2)34(44)42-16-20-7-9-26(42)29(20)35/h6,8,10-14,18,20,26,29H,4-5,7,9,15-16,35H2,1-3H3,(H2,36,43)/t20?,26?,29-/m1/s1. The van der Waals surface area contributed by atoms with E-state index >= 15 is 0 Å². The molecule has 1 aromatic carbocycles. The Balaban J connectivity index is 1.23. The molecule has 5 aromatic rings. The van der Waals surface area contributed by atoms with E-state index in [2.05, 4.69) is 21.7 Å². The summed E-state index contributed by atoms with van der Waals surface area (Å²) in [7, 11) is 3.62. The SMILES string of the molecule is COc1cc(C(=O)N2CC3CCC2[C@@H]3N)cc2nc(-c3cc4ccc(-c5cnc(C(N)=O)cc5C)nc4n3CC3CC3)n(C)c12. The third-order valence-corrected chi connectivity index (χ3v) is 10.1. The number of likely N-dealkylation sites (tertiary alicyclic amines) is 1. The van der Waals surface area contributed by atoms with Gasteiger partial charge in [-0.15, -0.1) is 0 Å². The second kappa shape index (κ2) is 10.1. The third kappa shape index (κ3) is 4.40. The highest BCUT2D eigenvalue weighted by atomic mass is 16.5. The van der Waals surface area contributed by atoms with E-state index in [1.165, 1.54) is 12.8 Å². The lowest BCUT2D eigenvalue weighted by Gasteiger charge is -2.27. The van der Waals surface area contributed by atoms with E-state index in [0.29, 0.717) is 35.2 Å². The van der Waals surface area contributed by atoms with Crippen molar-refractivity contribution >= 4 is 33.9 Å². The number of hydrogen-bond donors (Lipinski definition) is 2. The van der Waals surface area contributed by atoms with Crippen molar-refractivity contribution in [2.75, 3.05) is 13.7 Å². The molecule has 3 aliphatic rings. The lowest BCUT2D eigenvalue weighted by Crippen LogP contribution is -2.41. The van der Waals surface area contributed by atoms with Gasteiger partial charge >= 0.3 is 0 Å². The highest BCUT2D eigenvalue weighted by molar-refractivity contribution is 6.00. The molecule has 0 radical (unpaired) electrons. The van der Waals surface area contributed by atoms with Crippen LogP contribution in [0.25, 0.3) is 44.8 Å². The van der Waals surface area contributed by atoms with Crippen LogP contribution in [0.1, 0.15) is 52.1 Å². The second-order valence-corrected chi connectivity index (χ2v) is 12.9. The molecule has 4 N–H and O–H groups in total. The molecule has 3 atom stereocenters. The molecule has 2 amide bonds. The van der Waals surface area contributed by atoms with E-state index in [0.717, 1.165) is 64.3 Å². The monoisotopic (exact) mass is 604 g/mol. The highest BCUT2D eigenvalue weighted by Crippen LogP contribution is 2.40. The molecule has 4 aromatic heterocycles. The van der Waals surface area contributed by atoms with Gasteiger partial charge in [0.1, 0.15) is 22.6 Å². The zero-order valence-electron chi connectivity index (χ0n) is 25.7. The fraction of sp³-hybridized carbons (Fsp3) is 0.382. The van der Waals surface area contributed by atoms with Gasteiger partial charge in [0.25, 0.3) is 11.8 Å². The Hall–Kier alpha value is -4.77. The number of fused-ring (bicyclic) bond motifs is 4. The number of methoxy groups -OCH3 is 1. The number of piperidine rings is 1. The Kier molecular flexibility index (Phi) is 6.25. The minimum absolute atomic E-state index is 0.0155. The maximum Gasteiger partial charge on any atom is 0.267 e. The molecule has 11 heteroatoms. The quantitative estimate of drug-likeness (QED) is 0.285. The first-order valence-electron chi connectivity index (χ1n) is 15.6. The van der Waals surface area contributed by atoms with Gasteiger partial charge in [-0.1, -0.05) is 0 Å². The van der Waals surface area contributed by atoms with Crippen LogP contribution in [0.5, 0.6) is 5.75 Å². The van der Waals surface area contributed by atoms with Gasteiger partial charge in [0.05, 0.1) is 24.0 Å². The smallest absolute Gasteiger partial charge is 0.267 e. The largest absolute Gasteiger partial charge is 0.494 e. The highest BCUT2D eigenvalue weighted by Gasteiger charge is 2.47. The Morgan fingerprint density at radius 1 is 1.07 bits per heavy atom. The molecule has 2 bridgehead atoms. The summed E-state index contributed by atoms with van der Waals surface area (Å²) in [5.41, 5.74) is 18.5. The molecule has 11 nitrogen and oxygen atoms in total. The second-order valence-electron chi connectivity index (χ2n) is 12.9. The number of hydrogen-bond acceptors (Lipinski definition) is 7. The van der Waals surface area contributed by atoms with Crippen molar-refractivity contribution in [3.8, 4) is 28.5 Å². The van der Waals surface area contributed by atoms with E-state index in [1.54, 1.807) is 19.4 Å². The lowest BCUT2D eigenvalue weighted by molar-refractivity contribution is 0.0700. The zero-order valence-corrected chi connectivity index (χ0v) is 25.7. The van der Waals surface area contributed by atoms with Gasteiger partial charge < -0.3 is 30.2 Å². The number of benzene rings is 1.